The fourth-order valence-corrected chi connectivity index (χ4v) is 2.26. The number of rotatable bonds is 5. The molecule has 2 rings (SSSR count). The second-order valence-corrected chi connectivity index (χ2v) is 6.96. The summed E-state index contributed by atoms with van der Waals surface area (Å²) in [6.45, 7) is 5.04. The molecule has 1 unspecified atom stereocenters. The van der Waals surface area contributed by atoms with Crippen LogP contribution in [0.4, 0.5) is 0 Å². The maximum atomic E-state index is 11.9. The number of esters is 1. The molecule has 1 aliphatic heterocycles. The molecule has 1 aliphatic rings. The predicted molar refractivity (Wildman–Crippen MR) is 86.1 cm³/mol. The lowest BCUT2D eigenvalue weighted by molar-refractivity contribution is -0.129. The Hall–Kier alpha value is -2.50. The van der Waals surface area contributed by atoms with E-state index < -0.39 is 11.4 Å². The summed E-state index contributed by atoms with van der Waals surface area (Å²) in [7, 11) is 0. The summed E-state index contributed by atoms with van der Waals surface area (Å²) in [5.41, 5.74) is 0.642. The maximum absolute atomic E-state index is 11.9. The molecule has 1 heterocycles. The molecule has 1 N–H and O–H groups in total. The van der Waals surface area contributed by atoms with Gasteiger partial charge in [0.05, 0.1) is 11.5 Å². The normalized spacial score (nSPS) is 17.5. The highest BCUT2D eigenvalue weighted by Gasteiger charge is 2.30. The van der Waals surface area contributed by atoms with Crippen molar-refractivity contribution in [3.05, 3.63) is 35.4 Å². The lowest BCUT2D eigenvalue weighted by atomic mass is 9.91. The van der Waals surface area contributed by atoms with E-state index in [-0.39, 0.29) is 36.5 Å². The molecule has 1 fully saturated rings. The molecule has 6 heteroatoms. The van der Waals surface area contributed by atoms with Gasteiger partial charge in [-0.05, 0) is 24.1 Å². The lowest BCUT2D eigenvalue weighted by Crippen LogP contribution is -2.26. The zero-order valence-electron chi connectivity index (χ0n) is 14.0. The van der Waals surface area contributed by atoms with Crippen molar-refractivity contribution >= 4 is 23.6 Å². The van der Waals surface area contributed by atoms with Crippen molar-refractivity contribution in [2.75, 3.05) is 6.61 Å². The molecule has 1 saturated heterocycles. The predicted octanol–water partition coefficient (Wildman–Crippen LogP) is 1.66. The molecule has 0 aromatic heterocycles. The van der Waals surface area contributed by atoms with E-state index >= 15 is 0 Å². The standard InChI is InChI=1S/C18H21NO5/c1-18(2,3)14(20)10-24-17(23)12-6-4-11(5-7-12)8-13-9-15(21)19-16(13)22/h4-7,13H,8-10H2,1-3H3,(H,19,21,22). The molecular formula is C18H21NO5. The van der Waals surface area contributed by atoms with Crippen LogP contribution in [0.5, 0.6) is 0 Å². The van der Waals surface area contributed by atoms with Gasteiger partial charge in [0.15, 0.2) is 12.4 Å². The molecule has 1 aromatic rings. The number of carbonyl (C=O) groups excluding carboxylic acids is 4. The lowest BCUT2D eigenvalue weighted by Gasteiger charge is -2.16. The van der Waals surface area contributed by atoms with E-state index in [4.69, 9.17) is 4.74 Å². The number of hydrogen-bond acceptors (Lipinski definition) is 5. The zero-order chi connectivity index (χ0) is 17.9. The van der Waals surface area contributed by atoms with Crippen LogP contribution in [0.1, 0.15) is 43.1 Å². The summed E-state index contributed by atoms with van der Waals surface area (Å²) < 4.78 is 5.02. The van der Waals surface area contributed by atoms with Crippen LogP contribution < -0.4 is 5.32 Å². The average Bonchev–Trinajstić information content (AvgIpc) is 2.82. The Balaban J connectivity index is 1.92. The van der Waals surface area contributed by atoms with E-state index in [1.165, 1.54) is 0 Å². The fourth-order valence-electron chi connectivity index (χ4n) is 2.26. The first kappa shape index (κ1) is 17.8. The summed E-state index contributed by atoms with van der Waals surface area (Å²) in [5.74, 6) is -1.59. The van der Waals surface area contributed by atoms with Crippen LogP contribution in [-0.4, -0.2) is 30.2 Å². The molecule has 0 bridgehead atoms. The SMILES string of the molecule is CC(C)(C)C(=O)COC(=O)c1ccc(CC2CC(=O)NC2=O)cc1. The maximum Gasteiger partial charge on any atom is 0.338 e. The van der Waals surface area contributed by atoms with E-state index in [1.807, 2.05) is 0 Å². The minimum absolute atomic E-state index is 0.149. The van der Waals surface area contributed by atoms with Crippen molar-refractivity contribution < 1.29 is 23.9 Å². The van der Waals surface area contributed by atoms with Gasteiger partial charge in [-0.2, -0.15) is 0 Å². The van der Waals surface area contributed by atoms with Gasteiger partial charge < -0.3 is 4.74 Å². The first-order valence-corrected chi connectivity index (χ1v) is 7.80. The highest BCUT2D eigenvalue weighted by atomic mass is 16.5. The van der Waals surface area contributed by atoms with Crippen LogP contribution in [0.25, 0.3) is 0 Å². The van der Waals surface area contributed by atoms with Gasteiger partial charge in [0.2, 0.25) is 11.8 Å². The van der Waals surface area contributed by atoms with Crippen molar-refractivity contribution in [2.45, 2.75) is 33.6 Å². The number of amides is 2. The van der Waals surface area contributed by atoms with Crippen LogP contribution in [0.3, 0.4) is 0 Å². The largest absolute Gasteiger partial charge is 0.454 e. The minimum atomic E-state index is -0.562. The second kappa shape index (κ2) is 6.95. The molecular weight excluding hydrogens is 310 g/mol. The summed E-state index contributed by atoms with van der Waals surface area (Å²) in [5, 5.41) is 2.27. The topological polar surface area (TPSA) is 89.5 Å². The summed E-state index contributed by atoms with van der Waals surface area (Å²) in [4.78, 5) is 46.4. The van der Waals surface area contributed by atoms with Crippen molar-refractivity contribution in [3.63, 3.8) is 0 Å². The molecule has 0 aliphatic carbocycles. The Morgan fingerprint density at radius 2 is 1.79 bits per heavy atom. The number of carbonyl (C=O) groups is 4. The number of imide groups is 1. The average molecular weight is 331 g/mol. The summed E-state index contributed by atoms with van der Waals surface area (Å²) >= 11 is 0. The van der Waals surface area contributed by atoms with Crippen molar-refractivity contribution in [3.8, 4) is 0 Å². The van der Waals surface area contributed by atoms with Gasteiger partial charge in [-0.1, -0.05) is 32.9 Å². The number of nitrogens with one attached hydrogen (secondary N) is 1. The van der Waals surface area contributed by atoms with Gasteiger partial charge in [0, 0.05) is 11.8 Å². The first-order chi connectivity index (χ1) is 11.2. The molecule has 6 nitrogen and oxygen atoms in total. The quantitative estimate of drug-likeness (QED) is 0.655. The highest BCUT2D eigenvalue weighted by molar-refractivity contribution is 6.03. The number of Topliss-reactive ketones (excluding diaryl/α,β-unsaturated/α-hetero) is 1. The van der Waals surface area contributed by atoms with Crippen molar-refractivity contribution in [2.24, 2.45) is 11.3 Å². The Kier molecular flexibility index (Phi) is 5.17. The molecule has 0 spiro atoms. The first-order valence-electron chi connectivity index (χ1n) is 7.80. The Morgan fingerprint density at radius 1 is 1.17 bits per heavy atom. The third-order valence-corrected chi connectivity index (χ3v) is 3.91. The molecule has 0 saturated carbocycles. The third kappa shape index (κ3) is 4.50. The van der Waals surface area contributed by atoms with E-state index in [0.29, 0.717) is 12.0 Å². The minimum Gasteiger partial charge on any atom is -0.454 e. The van der Waals surface area contributed by atoms with E-state index in [0.717, 1.165) is 5.56 Å². The van der Waals surface area contributed by atoms with Crippen molar-refractivity contribution in [1.82, 2.24) is 5.32 Å². The molecule has 1 atom stereocenters. The Bertz CT molecular complexity index is 670. The molecule has 24 heavy (non-hydrogen) atoms. The summed E-state index contributed by atoms with van der Waals surface area (Å²) in [6, 6.07) is 6.62. The van der Waals surface area contributed by atoms with Gasteiger partial charge in [-0.15, -0.1) is 0 Å². The van der Waals surface area contributed by atoms with Crippen LogP contribution in [0, 0.1) is 11.3 Å². The molecule has 0 radical (unpaired) electrons. The summed E-state index contributed by atoms with van der Waals surface area (Å²) in [6.07, 6.45) is 0.632. The molecule has 2 amide bonds. The van der Waals surface area contributed by atoms with Gasteiger partial charge >= 0.3 is 5.97 Å². The zero-order valence-corrected chi connectivity index (χ0v) is 14.0. The Labute approximate surface area is 140 Å². The fraction of sp³-hybridized carbons (Fsp3) is 0.444. The molecule has 1 aromatic carbocycles. The Morgan fingerprint density at radius 3 is 2.29 bits per heavy atom. The number of benzene rings is 1. The third-order valence-electron chi connectivity index (χ3n) is 3.91. The van der Waals surface area contributed by atoms with Crippen molar-refractivity contribution in [1.29, 1.82) is 0 Å². The smallest absolute Gasteiger partial charge is 0.338 e. The van der Waals surface area contributed by atoms with E-state index in [9.17, 15) is 19.2 Å². The van der Waals surface area contributed by atoms with E-state index in [2.05, 4.69) is 5.32 Å². The molecule has 128 valence electrons. The van der Waals surface area contributed by atoms with Crippen LogP contribution in [0.2, 0.25) is 0 Å². The highest BCUT2D eigenvalue weighted by Crippen LogP contribution is 2.18. The number of ketones is 1. The van der Waals surface area contributed by atoms with Gasteiger partial charge in [-0.3, -0.25) is 19.7 Å². The monoisotopic (exact) mass is 331 g/mol. The van der Waals surface area contributed by atoms with Crippen LogP contribution in [0.15, 0.2) is 24.3 Å². The van der Waals surface area contributed by atoms with Gasteiger partial charge in [0.25, 0.3) is 0 Å². The second-order valence-electron chi connectivity index (χ2n) is 6.96. The van der Waals surface area contributed by atoms with Gasteiger partial charge in [-0.25, -0.2) is 4.79 Å². The van der Waals surface area contributed by atoms with Crippen LogP contribution >= 0.6 is 0 Å². The number of hydrogen-bond donors (Lipinski definition) is 1. The number of ether oxygens (including phenoxy) is 1. The van der Waals surface area contributed by atoms with Gasteiger partial charge in [0.1, 0.15) is 0 Å². The van der Waals surface area contributed by atoms with E-state index in [1.54, 1.807) is 45.0 Å². The van der Waals surface area contributed by atoms with Crippen LogP contribution in [-0.2, 0) is 25.5 Å².